The Morgan fingerprint density at radius 2 is 1.92 bits per heavy atom. The fourth-order valence-corrected chi connectivity index (χ4v) is 3.75. The van der Waals surface area contributed by atoms with Crippen molar-refractivity contribution in [3.8, 4) is 0 Å². The summed E-state index contributed by atoms with van der Waals surface area (Å²) in [4.78, 5) is 19.4. The molecule has 0 radical (unpaired) electrons. The first-order valence-electron chi connectivity index (χ1n) is 10.1. The zero-order valence-corrected chi connectivity index (χ0v) is 15.6. The fraction of sp³-hybridized carbons (Fsp3) is 0.895. The van der Waals surface area contributed by atoms with Gasteiger partial charge in [-0.1, -0.05) is 39.0 Å². The number of rotatable bonds is 7. The molecule has 2 aliphatic rings. The average Bonchev–Trinajstić information content (AvgIpc) is 3.07. The Morgan fingerprint density at radius 3 is 2.62 bits per heavy atom. The second-order valence-electron chi connectivity index (χ2n) is 7.22. The number of amides is 1. The molecule has 1 atom stereocenters. The maximum atomic E-state index is 12.7. The van der Waals surface area contributed by atoms with Crippen LogP contribution < -0.4 is 10.6 Å². The van der Waals surface area contributed by atoms with Crippen LogP contribution in [0.15, 0.2) is 4.99 Å². The van der Waals surface area contributed by atoms with E-state index in [4.69, 9.17) is 0 Å². The second kappa shape index (κ2) is 10.6. The second-order valence-corrected chi connectivity index (χ2v) is 7.22. The number of unbranched alkanes of at least 4 members (excludes halogenated alkanes) is 2. The van der Waals surface area contributed by atoms with Gasteiger partial charge in [0, 0.05) is 38.1 Å². The van der Waals surface area contributed by atoms with E-state index in [1.807, 2.05) is 0 Å². The van der Waals surface area contributed by atoms with Crippen LogP contribution in [-0.4, -0.2) is 49.0 Å². The topological polar surface area (TPSA) is 56.7 Å². The summed E-state index contributed by atoms with van der Waals surface area (Å²) in [5, 5.41) is 6.86. The van der Waals surface area contributed by atoms with Gasteiger partial charge in [-0.05, 0) is 32.6 Å². The lowest BCUT2D eigenvalue weighted by atomic mass is 9.88. The molecule has 0 aromatic carbocycles. The number of hydrogen-bond donors (Lipinski definition) is 2. The largest absolute Gasteiger partial charge is 0.357 e. The van der Waals surface area contributed by atoms with Crippen LogP contribution in [0.5, 0.6) is 0 Å². The number of carbonyl (C=O) groups is 1. The van der Waals surface area contributed by atoms with Crippen molar-refractivity contribution in [3.63, 3.8) is 0 Å². The lowest BCUT2D eigenvalue weighted by Crippen LogP contribution is -2.45. The molecule has 1 aliphatic carbocycles. The minimum absolute atomic E-state index is 0.286. The Morgan fingerprint density at radius 1 is 1.12 bits per heavy atom. The van der Waals surface area contributed by atoms with Crippen molar-refractivity contribution >= 4 is 11.9 Å². The minimum atomic E-state index is 0.286. The molecule has 0 aromatic rings. The van der Waals surface area contributed by atoms with Crippen LogP contribution in [0.3, 0.4) is 0 Å². The van der Waals surface area contributed by atoms with Crippen LogP contribution in [0.2, 0.25) is 0 Å². The van der Waals surface area contributed by atoms with Gasteiger partial charge in [0.05, 0.1) is 0 Å². The van der Waals surface area contributed by atoms with Gasteiger partial charge in [0.15, 0.2) is 5.96 Å². The van der Waals surface area contributed by atoms with Gasteiger partial charge in [0.1, 0.15) is 0 Å². The fourth-order valence-electron chi connectivity index (χ4n) is 3.75. The van der Waals surface area contributed by atoms with Crippen molar-refractivity contribution in [2.24, 2.45) is 10.9 Å². The van der Waals surface area contributed by atoms with Gasteiger partial charge in [0.25, 0.3) is 0 Å². The number of guanidine groups is 1. The van der Waals surface area contributed by atoms with Gasteiger partial charge >= 0.3 is 0 Å². The first kappa shape index (κ1) is 19.1. The van der Waals surface area contributed by atoms with Gasteiger partial charge in [-0.25, -0.2) is 0 Å². The Hall–Kier alpha value is -1.26. The molecule has 1 saturated carbocycles. The van der Waals surface area contributed by atoms with E-state index in [1.54, 1.807) is 0 Å². The standard InChI is InChI=1S/C19H36N4O/c1-3-5-9-13-21-19(20-4-2)22-17-12-14-23(15-17)18(24)16-10-7-6-8-11-16/h16-17H,3-15H2,1-2H3,(H2,20,21,22). The number of aliphatic imine (C=N–C) groups is 1. The number of carbonyl (C=O) groups excluding carboxylic acids is 1. The first-order valence-corrected chi connectivity index (χ1v) is 10.1. The first-order chi connectivity index (χ1) is 11.7. The van der Waals surface area contributed by atoms with Crippen LogP contribution in [0.4, 0.5) is 0 Å². The van der Waals surface area contributed by atoms with Crippen LogP contribution in [-0.2, 0) is 4.79 Å². The predicted molar refractivity (Wildman–Crippen MR) is 100 cm³/mol. The lowest BCUT2D eigenvalue weighted by Gasteiger charge is -2.26. The van der Waals surface area contributed by atoms with Gasteiger partial charge in [0.2, 0.25) is 5.91 Å². The van der Waals surface area contributed by atoms with Crippen LogP contribution in [0.25, 0.3) is 0 Å². The molecule has 5 nitrogen and oxygen atoms in total. The highest BCUT2D eigenvalue weighted by Gasteiger charge is 2.31. The highest BCUT2D eigenvalue weighted by atomic mass is 16.2. The van der Waals surface area contributed by atoms with Crippen LogP contribution in [0.1, 0.15) is 71.6 Å². The number of likely N-dealkylation sites (tertiary alicyclic amines) is 1. The smallest absolute Gasteiger partial charge is 0.225 e. The monoisotopic (exact) mass is 336 g/mol. The number of nitrogens with one attached hydrogen (secondary N) is 2. The third-order valence-corrected chi connectivity index (χ3v) is 5.17. The van der Waals surface area contributed by atoms with E-state index in [1.165, 1.54) is 32.1 Å². The van der Waals surface area contributed by atoms with E-state index < -0.39 is 0 Å². The van der Waals surface area contributed by atoms with Gasteiger partial charge in [-0.15, -0.1) is 0 Å². The summed E-state index contributed by atoms with van der Waals surface area (Å²) in [7, 11) is 0. The number of hydrogen-bond acceptors (Lipinski definition) is 2. The van der Waals surface area contributed by atoms with E-state index in [9.17, 15) is 4.79 Å². The molecule has 2 fully saturated rings. The van der Waals surface area contributed by atoms with Gasteiger partial charge < -0.3 is 15.5 Å². The van der Waals surface area contributed by atoms with Crippen molar-refractivity contribution in [2.45, 2.75) is 77.7 Å². The maximum Gasteiger partial charge on any atom is 0.225 e. The summed E-state index contributed by atoms with van der Waals surface area (Å²) < 4.78 is 0. The number of nitrogens with zero attached hydrogens (tertiary/aromatic N) is 2. The molecule has 2 N–H and O–H groups in total. The highest BCUT2D eigenvalue weighted by molar-refractivity contribution is 5.81. The van der Waals surface area contributed by atoms with Crippen molar-refractivity contribution < 1.29 is 4.79 Å². The normalized spacial score (nSPS) is 22.7. The van der Waals surface area contributed by atoms with Gasteiger partial charge in [-0.3, -0.25) is 9.79 Å². The average molecular weight is 337 g/mol. The van der Waals surface area contributed by atoms with Crippen LogP contribution >= 0.6 is 0 Å². The quantitative estimate of drug-likeness (QED) is 0.427. The molecule has 0 aromatic heterocycles. The van der Waals surface area contributed by atoms with Crippen LogP contribution in [0, 0.1) is 5.92 Å². The molecular weight excluding hydrogens is 300 g/mol. The van der Waals surface area contributed by atoms with Gasteiger partial charge in [-0.2, -0.15) is 0 Å². The van der Waals surface area contributed by atoms with Crippen molar-refractivity contribution in [2.75, 3.05) is 26.2 Å². The molecule has 1 heterocycles. The molecule has 5 heteroatoms. The Balaban J connectivity index is 1.78. The van der Waals surface area contributed by atoms with Crippen molar-refractivity contribution in [3.05, 3.63) is 0 Å². The molecule has 1 saturated heterocycles. The summed E-state index contributed by atoms with van der Waals surface area (Å²) in [6, 6.07) is 0.335. The highest BCUT2D eigenvalue weighted by Crippen LogP contribution is 2.26. The summed E-state index contributed by atoms with van der Waals surface area (Å²) in [5.41, 5.74) is 0. The van der Waals surface area contributed by atoms with E-state index >= 15 is 0 Å². The molecular formula is C19H36N4O. The molecule has 1 amide bonds. The molecule has 24 heavy (non-hydrogen) atoms. The SMILES string of the molecule is CCCCCN=C(NCC)NC1CCN(C(=O)C2CCCCC2)C1. The zero-order chi connectivity index (χ0) is 17.2. The minimum Gasteiger partial charge on any atom is -0.357 e. The molecule has 0 bridgehead atoms. The maximum absolute atomic E-state index is 12.7. The van der Waals surface area contributed by atoms with E-state index in [0.717, 1.165) is 57.8 Å². The zero-order valence-electron chi connectivity index (χ0n) is 15.6. The molecule has 1 aliphatic heterocycles. The lowest BCUT2D eigenvalue weighted by molar-refractivity contribution is -0.135. The summed E-state index contributed by atoms with van der Waals surface area (Å²) in [6.45, 7) is 7.77. The predicted octanol–water partition coefficient (Wildman–Crippen LogP) is 2.91. The Kier molecular flexibility index (Phi) is 8.40. The van der Waals surface area contributed by atoms with Crippen molar-refractivity contribution in [1.82, 2.24) is 15.5 Å². The molecule has 1 unspecified atom stereocenters. The van der Waals surface area contributed by atoms with E-state index in [0.29, 0.717) is 11.9 Å². The molecule has 138 valence electrons. The van der Waals surface area contributed by atoms with E-state index in [-0.39, 0.29) is 5.92 Å². The third kappa shape index (κ3) is 5.99. The molecule has 0 spiro atoms. The Labute approximate surface area is 147 Å². The Bertz CT molecular complexity index is 404. The summed E-state index contributed by atoms with van der Waals surface area (Å²) in [6.07, 6.45) is 10.6. The van der Waals surface area contributed by atoms with Crippen molar-refractivity contribution in [1.29, 1.82) is 0 Å². The summed E-state index contributed by atoms with van der Waals surface area (Å²) in [5.74, 6) is 1.59. The third-order valence-electron chi connectivity index (χ3n) is 5.17. The molecule has 2 rings (SSSR count). The van der Waals surface area contributed by atoms with E-state index in [2.05, 4.69) is 34.4 Å². The summed E-state index contributed by atoms with van der Waals surface area (Å²) >= 11 is 0.